The molecule has 2 aromatic rings. The molecule has 2 aliphatic heterocycles. The fourth-order valence-electron chi connectivity index (χ4n) is 4.43. The molecule has 0 radical (unpaired) electrons. The molecule has 7 nitrogen and oxygen atoms in total. The van der Waals surface area contributed by atoms with Crippen molar-refractivity contribution in [2.45, 2.75) is 12.5 Å². The Balaban J connectivity index is 1.67. The van der Waals surface area contributed by atoms with Crippen molar-refractivity contribution in [2.75, 3.05) is 46.0 Å². The number of aliphatic hydroxyl groups is 1. The first-order valence-electron chi connectivity index (χ1n) is 11.6. The summed E-state index contributed by atoms with van der Waals surface area (Å²) in [4.78, 5) is 30.2. The number of nitrogens with zero attached hydrogens (tertiary/aromatic N) is 2. The number of morpholine rings is 1. The summed E-state index contributed by atoms with van der Waals surface area (Å²) in [6, 6.07) is 15.5. The van der Waals surface area contributed by atoms with Crippen LogP contribution in [-0.2, 0) is 14.3 Å². The fourth-order valence-corrected chi connectivity index (χ4v) is 4.43. The summed E-state index contributed by atoms with van der Waals surface area (Å²) in [5.74, 6) is -0.829. The maximum absolute atomic E-state index is 13.2. The van der Waals surface area contributed by atoms with Gasteiger partial charge in [-0.05, 0) is 24.1 Å². The zero-order chi connectivity index (χ0) is 23.9. The molecule has 0 aliphatic carbocycles. The lowest BCUT2D eigenvalue weighted by Crippen LogP contribution is -2.38. The number of hydrogen-bond acceptors (Lipinski definition) is 6. The van der Waals surface area contributed by atoms with Crippen molar-refractivity contribution >= 4 is 17.4 Å². The number of ether oxygens (including phenoxy) is 2. The fraction of sp³-hybridized carbons (Fsp3) is 0.333. The van der Waals surface area contributed by atoms with Gasteiger partial charge in [0.1, 0.15) is 18.1 Å². The topological polar surface area (TPSA) is 79.3 Å². The van der Waals surface area contributed by atoms with Crippen LogP contribution in [0.3, 0.4) is 0 Å². The number of Topliss-reactive ketones (excluding diaryl/α,β-unsaturated/α-hetero) is 1. The lowest BCUT2D eigenvalue weighted by Gasteiger charge is -2.29. The van der Waals surface area contributed by atoms with Gasteiger partial charge in [0.05, 0.1) is 24.8 Å². The van der Waals surface area contributed by atoms with Gasteiger partial charge in [-0.15, -0.1) is 0 Å². The van der Waals surface area contributed by atoms with Crippen molar-refractivity contribution in [3.63, 3.8) is 0 Å². The van der Waals surface area contributed by atoms with E-state index in [9.17, 15) is 14.7 Å². The third-order valence-electron chi connectivity index (χ3n) is 6.11. The molecule has 2 heterocycles. The Kier molecular flexibility index (Phi) is 7.77. The van der Waals surface area contributed by atoms with Gasteiger partial charge >= 0.3 is 0 Å². The van der Waals surface area contributed by atoms with Gasteiger partial charge in [-0.3, -0.25) is 14.5 Å². The minimum atomic E-state index is -0.697. The molecular weight excluding hydrogens is 432 g/mol. The second kappa shape index (κ2) is 11.1. The summed E-state index contributed by atoms with van der Waals surface area (Å²) >= 11 is 0. The Bertz CT molecular complexity index is 1060. The quantitative estimate of drug-likeness (QED) is 0.266. The highest BCUT2D eigenvalue weighted by Crippen LogP contribution is 2.40. The summed E-state index contributed by atoms with van der Waals surface area (Å²) < 4.78 is 11.1. The summed E-state index contributed by atoms with van der Waals surface area (Å²) in [5.41, 5.74) is 1.31. The van der Waals surface area contributed by atoms with Crippen LogP contribution in [0.15, 0.2) is 72.8 Å². The average molecular weight is 463 g/mol. The molecule has 2 saturated heterocycles. The molecule has 34 heavy (non-hydrogen) atoms. The zero-order valence-corrected chi connectivity index (χ0v) is 19.2. The molecule has 1 amide bonds. The summed E-state index contributed by atoms with van der Waals surface area (Å²) in [6.07, 6.45) is 2.36. The Morgan fingerprint density at radius 1 is 1.09 bits per heavy atom. The van der Waals surface area contributed by atoms with E-state index in [0.717, 1.165) is 19.6 Å². The smallest absolute Gasteiger partial charge is 0.295 e. The number of benzene rings is 2. The lowest BCUT2D eigenvalue weighted by atomic mass is 9.95. The van der Waals surface area contributed by atoms with Crippen LogP contribution < -0.4 is 4.74 Å². The molecule has 2 aromatic carbocycles. The van der Waals surface area contributed by atoms with Gasteiger partial charge in [-0.2, -0.15) is 0 Å². The van der Waals surface area contributed by atoms with Crippen LogP contribution in [0.2, 0.25) is 0 Å². The Hall–Kier alpha value is -3.42. The first kappa shape index (κ1) is 23.7. The van der Waals surface area contributed by atoms with Crippen LogP contribution in [0, 0.1) is 0 Å². The predicted octanol–water partition coefficient (Wildman–Crippen LogP) is 3.40. The van der Waals surface area contributed by atoms with Gasteiger partial charge in [0.15, 0.2) is 0 Å². The van der Waals surface area contributed by atoms with Crippen LogP contribution >= 0.6 is 0 Å². The van der Waals surface area contributed by atoms with Gasteiger partial charge in [0.25, 0.3) is 11.7 Å². The van der Waals surface area contributed by atoms with Crippen LogP contribution in [-0.4, -0.2) is 72.6 Å². The molecule has 0 aromatic heterocycles. The second-order valence-electron chi connectivity index (χ2n) is 8.34. The van der Waals surface area contributed by atoms with Crippen molar-refractivity contribution in [2.24, 2.45) is 0 Å². The van der Waals surface area contributed by atoms with Gasteiger partial charge in [0, 0.05) is 31.7 Å². The molecule has 1 N–H and O–H groups in total. The molecule has 4 rings (SSSR count). The normalized spacial score (nSPS) is 20.5. The van der Waals surface area contributed by atoms with Gasteiger partial charge in [-0.1, -0.05) is 55.1 Å². The van der Waals surface area contributed by atoms with Gasteiger partial charge < -0.3 is 19.5 Å². The highest BCUT2D eigenvalue weighted by molar-refractivity contribution is 6.46. The highest BCUT2D eigenvalue weighted by atomic mass is 16.5. The number of carbonyl (C=O) groups is 2. The van der Waals surface area contributed by atoms with E-state index < -0.39 is 17.7 Å². The maximum atomic E-state index is 13.2. The van der Waals surface area contributed by atoms with E-state index in [1.165, 1.54) is 0 Å². The maximum Gasteiger partial charge on any atom is 0.295 e. The van der Waals surface area contributed by atoms with E-state index in [2.05, 4.69) is 11.5 Å². The van der Waals surface area contributed by atoms with E-state index in [1.807, 2.05) is 30.3 Å². The molecule has 1 atom stereocenters. The number of ketones is 1. The average Bonchev–Trinajstić information content (AvgIpc) is 3.13. The van der Waals surface area contributed by atoms with Gasteiger partial charge in [-0.25, -0.2) is 0 Å². The van der Waals surface area contributed by atoms with E-state index in [1.54, 1.807) is 35.2 Å². The van der Waals surface area contributed by atoms with Crippen LogP contribution in [0.1, 0.15) is 23.6 Å². The molecule has 0 bridgehead atoms. The summed E-state index contributed by atoms with van der Waals surface area (Å²) in [6.45, 7) is 8.35. The van der Waals surface area contributed by atoms with E-state index in [0.29, 0.717) is 49.7 Å². The van der Waals surface area contributed by atoms with E-state index >= 15 is 0 Å². The standard InChI is InChI=1S/C27H30N2O5/c1-2-16-34-22-11-6-10-21(19-22)24-23(25(30)20-8-4-3-5-9-20)26(31)27(32)29(24)13-7-12-28-14-17-33-18-15-28/h2-6,8-11,19,24,30H,1,7,12-18H2/b25-23+/t24-/m0/s1. The lowest BCUT2D eigenvalue weighted by molar-refractivity contribution is -0.140. The number of carbonyl (C=O) groups excluding carboxylic acids is 2. The zero-order valence-electron chi connectivity index (χ0n) is 19.2. The Morgan fingerprint density at radius 3 is 2.59 bits per heavy atom. The number of aliphatic hydroxyl groups excluding tert-OH is 1. The number of likely N-dealkylation sites (tertiary alicyclic amines) is 1. The van der Waals surface area contributed by atoms with Crippen LogP contribution in [0.25, 0.3) is 5.76 Å². The van der Waals surface area contributed by atoms with E-state index in [4.69, 9.17) is 9.47 Å². The third-order valence-corrected chi connectivity index (χ3v) is 6.11. The summed E-state index contributed by atoms with van der Waals surface area (Å²) in [5, 5.41) is 11.1. The first-order chi connectivity index (χ1) is 16.6. The minimum absolute atomic E-state index is 0.100. The second-order valence-corrected chi connectivity index (χ2v) is 8.34. The Morgan fingerprint density at radius 2 is 1.85 bits per heavy atom. The number of amides is 1. The molecule has 2 fully saturated rings. The van der Waals surface area contributed by atoms with Crippen molar-refractivity contribution in [3.05, 3.63) is 84.0 Å². The molecule has 7 heteroatoms. The predicted molar refractivity (Wildman–Crippen MR) is 129 cm³/mol. The van der Waals surface area contributed by atoms with Gasteiger partial charge in [0.2, 0.25) is 0 Å². The van der Waals surface area contributed by atoms with Crippen LogP contribution in [0.4, 0.5) is 0 Å². The van der Waals surface area contributed by atoms with Crippen LogP contribution in [0.5, 0.6) is 5.75 Å². The number of hydrogen-bond donors (Lipinski definition) is 1. The van der Waals surface area contributed by atoms with Crippen molar-refractivity contribution in [1.82, 2.24) is 9.80 Å². The molecular formula is C27H30N2O5. The summed E-state index contributed by atoms with van der Waals surface area (Å²) in [7, 11) is 0. The largest absolute Gasteiger partial charge is 0.507 e. The molecule has 178 valence electrons. The highest BCUT2D eigenvalue weighted by Gasteiger charge is 2.45. The number of rotatable bonds is 9. The minimum Gasteiger partial charge on any atom is -0.507 e. The van der Waals surface area contributed by atoms with Crippen molar-refractivity contribution in [1.29, 1.82) is 0 Å². The molecule has 0 saturated carbocycles. The van der Waals surface area contributed by atoms with Crippen molar-refractivity contribution in [3.8, 4) is 5.75 Å². The monoisotopic (exact) mass is 462 g/mol. The first-order valence-corrected chi connectivity index (χ1v) is 11.6. The molecule has 0 unspecified atom stereocenters. The Labute approximate surface area is 199 Å². The SMILES string of the molecule is C=CCOc1cccc([C@H]2/C(=C(\O)c3ccccc3)C(=O)C(=O)N2CCCN2CCOCC2)c1. The molecule has 0 spiro atoms. The third kappa shape index (κ3) is 5.21. The van der Waals surface area contributed by atoms with E-state index in [-0.39, 0.29) is 11.3 Å². The van der Waals surface area contributed by atoms with Crippen molar-refractivity contribution < 1.29 is 24.2 Å². The molecule has 2 aliphatic rings.